The largest absolute Gasteiger partial charge is 0.497 e. The highest BCUT2D eigenvalue weighted by molar-refractivity contribution is 6.02. The molecule has 2 aromatic heterocycles. The van der Waals surface area contributed by atoms with Crippen LogP contribution in [0, 0.1) is 0 Å². The molecular formula is C30H28N4O2. The Bertz CT molecular complexity index is 1440. The van der Waals surface area contributed by atoms with Gasteiger partial charge in [-0.2, -0.15) is 0 Å². The summed E-state index contributed by atoms with van der Waals surface area (Å²) in [6.07, 6.45) is 3.69. The monoisotopic (exact) mass is 476 g/mol. The van der Waals surface area contributed by atoms with Crippen molar-refractivity contribution in [3.8, 4) is 33.9 Å². The molecule has 0 aliphatic rings. The van der Waals surface area contributed by atoms with E-state index in [-0.39, 0.29) is 0 Å². The van der Waals surface area contributed by atoms with Gasteiger partial charge in [0.15, 0.2) is 5.65 Å². The summed E-state index contributed by atoms with van der Waals surface area (Å²) in [5.41, 5.74) is 5.40. The molecule has 6 heteroatoms. The molecule has 5 aromatic rings. The van der Waals surface area contributed by atoms with Crippen molar-refractivity contribution in [2.75, 3.05) is 19.0 Å². The predicted molar refractivity (Wildman–Crippen MR) is 145 cm³/mol. The van der Waals surface area contributed by atoms with E-state index in [1.807, 2.05) is 66.7 Å². The molecule has 0 aliphatic heterocycles. The number of para-hydroxylation sites is 1. The zero-order valence-corrected chi connectivity index (χ0v) is 20.4. The van der Waals surface area contributed by atoms with Gasteiger partial charge in [-0.15, -0.1) is 0 Å². The van der Waals surface area contributed by atoms with Crippen LogP contribution in [0.4, 0.5) is 11.5 Å². The number of hydrogen-bond acceptors (Lipinski definition) is 6. The minimum absolute atomic E-state index is 0.620. The number of pyridine rings is 1. The van der Waals surface area contributed by atoms with E-state index < -0.39 is 0 Å². The van der Waals surface area contributed by atoms with Crippen LogP contribution in [-0.4, -0.2) is 28.7 Å². The molecule has 1 N–H and O–H groups in total. The van der Waals surface area contributed by atoms with Gasteiger partial charge in [0.1, 0.15) is 23.6 Å². The SMILES string of the molecule is CCCCOc1ccc(-c2cc(-c3ccc(OC)cc3)nc3ncnc(Nc4ccccc4)c23)cc1. The Hall–Kier alpha value is -4.45. The van der Waals surface area contributed by atoms with Crippen molar-refractivity contribution >= 4 is 22.5 Å². The van der Waals surface area contributed by atoms with Gasteiger partial charge in [0.2, 0.25) is 0 Å². The fraction of sp³-hybridized carbons (Fsp3) is 0.167. The Labute approximate surface area is 211 Å². The molecule has 0 amide bonds. The second kappa shape index (κ2) is 10.9. The van der Waals surface area contributed by atoms with E-state index in [1.165, 1.54) is 0 Å². The smallest absolute Gasteiger partial charge is 0.165 e. The van der Waals surface area contributed by atoms with Crippen molar-refractivity contribution < 1.29 is 9.47 Å². The Balaban J connectivity index is 1.63. The summed E-state index contributed by atoms with van der Waals surface area (Å²) >= 11 is 0. The van der Waals surface area contributed by atoms with Crippen molar-refractivity contribution in [1.82, 2.24) is 15.0 Å². The molecule has 6 nitrogen and oxygen atoms in total. The number of ether oxygens (including phenoxy) is 2. The van der Waals surface area contributed by atoms with Crippen LogP contribution in [0.1, 0.15) is 19.8 Å². The second-order valence-electron chi connectivity index (χ2n) is 8.42. The zero-order chi connectivity index (χ0) is 24.7. The molecule has 180 valence electrons. The number of rotatable bonds is 9. The van der Waals surface area contributed by atoms with Crippen molar-refractivity contribution in [3.63, 3.8) is 0 Å². The van der Waals surface area contributed by atoms with E-state index in [9.17, 15) is 0 Å². The topological polar surface area (TPSA) is 69.2 Å². The molecule has 36 heavy (non-hydrogen) atoms. The van der Waals surface area contributed by atoms with Crippen LogP contribution in [0.3, 0.4) is 0 Å². The average molecular weight is 477 g/mol. The Morgan fingerprint density at radius 1 is 0.806 bits per heavy atom. The first kappa shape index (κ1) is 23.3. The third-order valence-corrected chi connectivity index (χ3v) is 5.96. The number of hydrogen-bond donors (Lipinski definition) is 1. The van der Waals surface area contributed by atoms with Crippen LogP contribution in [0.5, 0.6) is 11.5 Å². The Morgan fingerprint density at radius 3 is 2.25 bits per heavy atom. The van der Waals surface area contributed by atoms with E-state index in [2.05, 4.69) is 40.4 Å². The molecule has 0 saturated carbocycles. The second-order valence-corrected chi connectivity index (χ2v) is 8.42. The van der Waals surface area contributed by atoms with Crippen LogP contribution in [0.15, 0.2) is 91.3 Å². The van der Waals surface area contributed by atoms with Gasteiger partial charge in [0.25, 0.3) is 0 Å². The van der Waals surface area contributed by atoms with Crippen molar-refractivity contribution in [1.29, 1.82) is 0 Å². The lowest BCUT2D eigenvalue weighted by Gasteiger charge is -2.14. The van der Waals surface area contributed by atoms with Gasteiger partial charge in [-0.1, -0.05) is 43.7 Å². The first-order valence-corrected chi connectivity index (χ1v) is 12.1. The van der Waals surface area contributed by atoms with Crippen molar-refractivity contribution in [2.24, 2.45) is 0 Å². The summed E-state index contributed by atoms with van der Waals surface area (Å²) in [4.78, 5) is 14.0. The lowest BCUT2D eigenvalue weighted by atomic mass is 9.99. The fourth-order valence-corrected chi connectivity index (χ4v) is 4.02. The summed E-state index contributed by atoms with van der Waals surface area (Å²) in [6.45, 7) is 2.87. The summed E-state index contributed by atoms with van der Waals surface area (Å²) in [5, 5.41) is 4.30. The first-order valence-electron chi connectivity index (χ1n) is 12.1. The third-order valence-electron chi connectivity index (χ3n) is 5.96. The maximum atomic E-state index is 5.88. The van der Waals surface area contributed by atoms with Gasteiger partial charge in [0, 0.05) is 11.3 Å². The summed E-state index contributed by atoms with van der Waals surface area (Å²) in [6, 6.07) is 28.1. The summed E-state index contributed by atoms with van der Waals surface area (Å²) in [7, 11) is 1.66. The molecule has 0 fully saturated rings. The molecule has 0 radical (unpaired) electrons. The highest BCUT2D eigenvalue weighted by Gasteiger charge is 2.16. The lowest BCUT2D eigenvalue weighted by molar-refractivity contribution is 0.309. The molecule has 3 aromatic carbocycles. The van der Waals surface area contributed by atoms with Crippen LogP contribution in [0.25, 0.3) is 33.4 Å². The lowest BCUT2D eigenvalue weighted by Crippen LogP contribution is -2.00. The number of fused-ring (bicyclic) bond motifs is 1. The summed E-state index contributed by atoms with van der Waals surface area (Å²) in [5.74, 6) is 2.37. The average Bonchev–Trinajstić information content (AvgIpc) is 2.94. The maximum Gasteiger partial charge on any atom is 0.165 e. The first-order chi connectivity index (χ1) is 17.7. The fourth-order valence-electron chi connectivity index (χ4n) is 4.02. The number of aromatic nitrogens is 3. The molecule has 0 bridgehead atoms. The van der Waals surface area contributed by atoms with E-state index >= 15 is 0 Å². The minimum Gasteiger partial charge on any atom is -0.497 e. The van der Waals surface area contributed by atoms with Crippen LogP contribution < -0.4 is 14.8 Å². The Kier molecular flexibility index (Phi) is 7.03. The number of nitrogens with one attached hydrogen (secondary N) is 1. The van der Waals surface area contributed by atoms with Crippen molar-refractivity contribution in [2.45, 2.75) is 19.8 Å². The van der Waals surface area contributed by atoms with Gasteiger partial charge in [-0.3, -0.25) is 0 Å². The number of nitrogens with zero attached hydrogens (tertiary/aromatic N) is 3. The van der Waals surface area contributed by atoms with E-state index in [1.54, 1.807) is 13.4 Å². The molecule has 0 atom stereocenters. The molecular weight excluding hydrogens is 448 g/mol. The van der Waals surface area contributed by atoms with Crippen molar-refractivity contribution in [3.05, 3.63) is 91.3 Å². The molecule has 2 heterocycles. The molecule has 0 aliphatic carbocycles. The molecule has 5 rings (SSSR count). The highest BCUT2D eigenvalue weighted by Crippen LogP contribution is 2.36. The molecule has 0 spiro atoms. The standard InChI is InChI=1S/C30H28N4O2/c1-3-4-18-36-25-16-10-21(11-17-25)26-19-27(22-12-14-24(35-2)15-13-22)34-30-28(26)29(31-20-32-30)33-23-8-6-5-7-9-23/h5-17,19-20H,3-4,18H2,1-2H3,(H,31,32,33,34). The molecule has 0 saturated heterocycles. The quantitative estimate of drug-likeness (QED) is 0.225. The van der Waals surface area contributed by atoms with E-state index in [0.717, 1.165) is 57.8 Å². The van der Waals surface area contributed by atoms with Gasteiger partial charge in [-0.05, 0) is 72.1 Å². The normalized spacial score (nSPS) is 10.8. The number of benzene rings is 3. The third kappa shape index (κ3) is 5.13. The zero-order valence-electron chi connectivity index (χ0n) is 20.4. The number of unbranched alkanes of at least 4 members (excludes halogenated alkanes) is 1. The summed E-state index contributed by atoms with van der Waals surface area (Å²) < 4.78 is 11.2. The number of methoxy groups -OCH3 is 1. The number of anilines is 2. The van der Waals surface area contributed by atoms with Crippen LogP contribution >= 0.6 is 0 Å². The van der Waals surface area contributed by atoms with E-state index in [0.29, 0.717) is 18.1 Å². The van der Waals surface area contributed by atoms with Gasteiger partial charge in [0.05, 0.1) is 24.8 Å². The van der Waals surface area contributed by atoms with Gasteiger partial charge >= 0.3 is 0 Å². The van der Waals surface area contributed by atoms with E-state index in [4.69, 9.17) is 14.5 Å². The predicted octanol–water partition coefficient (Wildman–Crippen LogP) is 7.29. The van der Waals surface area contributed by atoms with Gasteiger partial charge in [-0.25, -0.2) is 15.0 Å². The van der Waals surface area contributed by atoms with Crippen LogP contribution in [-0.2, 0) is 0 Å². The highest BCUT2D eigenvalue weighted by atomic mass is 16.5. The van der Waals surface area contributed by atoms with Crippen LogP contribution in [0.2, 0.25) is 0 Å². The molecule has 0 unspecified atom stereocenters. The Morgan fingerprint density at radius 2 is 1.53 bits per heavy atom. The van der Waals surface area contributed by atoms with Gasteiger partial charge < -0.3 is 14.8 Å². The minimum atomic E-state index is 0.620. The maximum absolute atomic E-state index is 5.88.